The molecule has 0 amide bonds. The average Bonchev–Trinajstić information content (AvgIpc) is 2.50. The van der Waals surface area contributed by atoms with Crippen molar-refractivity contribution in [1.29, 1.82) is 0 Å². The summed E-state index contributed by atoms with van der Waals surface area (Å²) in [5, 5.41) is 9.35. The van der Waals surface area contributed by atoms with E-state index < -0.39 is 17.7 Å². The molecule has 3 nitrogen and oxygen atoms in total. The molecule has 0 heterocycles. The first kappa shape index (κ1) is 17.0. The van der Waals surface area contributed by atoms with E-state index in [-0.39, 0.29) is 0 Å². The molecule has 0 saturated carbocycles. The SMILES string of the molecule is Cc1cccc(OCCCC(C(=O)O)c2cccc(F)c2)c1C. The highest BCUT2D eigenvalue weighted by Crippen LogP contribution is 2.24. The zero-order valence-corrected chi connectivity index (χ0v) is 13.4. The number of carboxylic acid groups (broad SMARTS) is 1. The second-order valence-electron chi connectivity index (χ2n) is 5.63. The number of hydrogen-bond donors (Lipinski definition) is 1. The highest BCUT2D eigenvalue weighted by atomic mass is 19.1. The predicted octanol–water partition coefficient (Wildman–Crippen LogP) is 4.47. The van der Waals surface area contributed by atoms with Crippen LogP contribution in [0.25, 0.3) is 0 Å². The molecule has 0 fully saturated rings. The standard InChI is InChI=1S/C19H21FO3/c1-13-6-3-10-18(14(13)2)23-11-5-9-17(19(21)22)15-7-4-8-16(20)12-15/h3-4,6-8,10,12,17H,5,9,11H2,1-2H3,(H,21,22). The van der Waals surface area contributed by atoms with Gasteiger partial charge in [0.2, 0.25) is 0 Å². The average molecular weight is 316 g/mol. The number of carboxylic acids is 1. The van der Waals surface area contributed by atoms with Crippen LogP contribution in [-0.2, 0) is 4.79 Å². The minimum atomic E-state index is -0.942. The van der Waals surface area contributed by atoms with Crippen LogP contribution in [0, 0.1) is 19.7 Å². The van der Waals surface area contributed by atoms with Crippen molar-refractivity contribution in [3.8, 4) is 5.75 Å². The maximum atomic E-state index is 13.3. The molecule has 1 unspecified atom stereocenters. The molecule has 1 N–H and O–H groups in total. The number of hydrogen-bond acceptors (Lipinski definition) is 2. The molecule has 1 atom stereocenters. The van der Waals surface area contributed by atoms with Crippen molar-refractivity contribution in [3.05, 3.63) is 65.0 Å². The lowest BCUT2D eigenvalue weighted by Gasteiger charge is -2.14. The summed E-state index contributed by atoms with van der Waals surface area (Å²) in [5.74, 6) is -1.25. The van der Waals surface area contributed by atoms with Crippen LogP contribution in [0.15, 0.2) is 42.5 Å². The molecular weight excluding hydrogens is 295 g/mol. The van der Waals surface area contributed by atoms with Crippen LogP contribution in [-0.4, -0.2) is 17.7 Å². The topological polar surface area (TPSA) is 46.5 Å². The number of aliphatic carboxylic acids is 1. The van der Waals surface area contributed by atoms with Crippen LogP contribution >= 0.6 is 0 Å². The molecule has 4 heteroatoms. The van der Waals surface area contributed by atoms with Crippen LogP contribution in [0.3, 0.4) is 0 Å². The van der Waals surface area contributed by atoms with E-state index in [0.29, 0.717) is 25.0 Å². The number of halogens is 1. The van der Waals surface area contributed by atoms with E-state index in [9.17, 15) is 14.3 Å². The van der Waals surface area contributed by atoms with E-state index >= 15 is 0 Å². The number of benzene rings is 2. The smallest absolute Gasteiger partial charge is 0.310 e. The van der Waals surface area contributed by atoms with Crippen LogP contribution < -0.4 is 4.74 Å². The second kappa shape index (κ2) is 7.77. The van der Waals surface area contributed by atoms with Crippen molar-refractivity contribution in [1.82, 2.24) is 0 Å². The molecule has 0 radical (unpaired) electrons. The largest absolute Gasteiger partial charge is 0.493 e. The number of ether oxygens (including phenoxy) is 1. The fourth-order valence-corrected chi connectivity index (χ4v) is 2.51. The summed E-state index contributed by atoms with van der Waals surface area (Å²) in [7, 11) is 0. The summed E-state index contributed by atoms with van der Waals surface area (Å²) in [6.07, 6.45) is 0.991. The summed E-state index contributed by atoms with van der Waals surface area (Å²) in [5.41, 5.74) is 2.74. The summed E-state index contributed by atoms with van der Waals surface area (Å²) < 4.78 is 19.0. The first-order valence-corrected chi connectivity index (χ1v) is 7.66. The molecule has 0 aliphatic carbocycles. The van der Waals surface area contributed by atoms with Gasteiger partial charge in [-0.15, -0.1) is 0 Å². The molecule has 23 heavy (non-hydrogen) atoms. The van der Waals surface area contributed by atoms with Gasteiger partial charge in [-0.1, -0.05) is 24.3 Å². The summed E-state index contributed by atoms with van der Waals surface area (Å²) in [6, 6.07) is 11.6. The highest BCUT2D eigenvalue weighted by Gasteiger charge is 2.19. The van der Waals surface area contributed by atoms with Crippen LogP contribution in [0.1, 0.15) is 35.4 Å². The molecular formula is C19H21FO3. The lowest BCUT2D eigenvalue weighted by molar-refractivity contribution is -0.139. The number of carbonyl (C=O) groups is 1. The molecule has 122 valence electrons. The molecule has 0 aliphatic rings. The normalized spacial score (nSPS) is 12.0. The Bertz CT molecular complexity index is 682. The van der Waals surface area contributed by atoms with Gasteiger partial charge < -0.3 is 9.84 Å². The van der Waals surface area contributed by atoms with Crippen molar-refractivity contribution in [2.45, 2.75) is 32.6 Å². The van der Waals surface area contributed by atoms with Gasteiger partial charge in [0.05, 0.1) is 12.5 Å². The molecule has 2 aromatic carbocycles. The number of rotatable bonds is 7. The second-order valence-corrected chi connectivity index (χ2v) is 5.63. The third-order valence-corrected chi connectivity index (χ3v) is 4.00. The van der Waals surface area contributed by atoms with Crippen LogP contribution in [0.5, 0.6) is 5.75 Å². The van der Waals surface area contributed by atoms with Gasteiger partial charge in [-0.05, 0) is 61.6 Å². The lowest BCUT2D eigenvalue weighted by atomic mass is 9.94. The van der Waals surface area contributed by atoms with Crippen LogP contribution in [0.4, 0.5) is 4.39 Å². The van der Waals surface area contributed by atoms with Gasteiger partial charge >= 0.3 is 5.97 Å². The van der Waals surface area contributed by atoms with Crippen molar-refractivity contribution in [2.24, 2.45) is 0 Å². The third kappa shape index (κ3) is 4.55. The first-order chi connectivity index (χ1) is 11.0. The van der Waals surface area contributed by atoms with E-state index in [2.05, 4.69) is 0 Å². The highest BCUT2D eigenvalue weighted by molar-refractivity contribution is 5.76. The molecule has 2 rings (SSSR count). The van der Waals surface area contributed by atoms with Gasteiger partial charge in [0.15, 0.2) is 0 Å². The Hall–Kier alpha value is -2.36. The van der Waals surface area contributed by atoms with E-state index in [0.717, 1.165) is 16.9 Å². The molecule has 0 saturated heterocycles. The Kier molecular flexibility index (Phi) is 5.74. The summed E-state index contributed by atoms with van der Waals surface area (Å²) >= 11 is 0. The van der Waals surface area contributed by atoms with Gasteiger partial charge in [0.25, 0.3) is 0 Å². The molecule has 0 spiro atoms. The van der Waals surface area contributed by atoms with Gasteiger partial charge in [-0.25, -0.2) is 4.39 Å². The lowest BCUT2D eigenvalue weighted by Crippen LogP contribution is -2.13. The van der Waals surface area contributed by atoms with Gasteiger partial charge in [0.1, 0.15) is 11.6 Å². The monoisotopic (exact) mass is 316 g/mol. The maximum Gasteiger partial charge on any atom is 0.310 e. The Morgan fingerprint density at radius 2 is 1.96 bits per heavy atom. The third-order valence-electron chi connectivity index (χ3n) is 4.00. The zero-order valence-electron chi connectivity index (χ0n) is 13.4. The van der Waals surface area contributed by atoms with Crippen molar-refractivity contribution in [2.75, 3.05) is 6.61 Å². The first-order valence-electron chi connectivity index (χ1n) is 7.66. The van der Waals surface area contributed by atoms with E-state index in [1.807, 2.05) is 32.0 Å². The Morgan fingerprint density at radius 3 is 2.65 bits per heavy atom. The fourth-order valence-electron chi connectivity index (χ4n) is 2.51. The minimum Gasteiger partial charge on any atom is -0.493 e. The Morgan fingerprint density at radius 1 is 1.22 bits per heavy atom. The Balaban J connectivity index is 1.93. The van der Waals surface area contributed by atoms with Crippen molar-refractivity contribution >= 4 is 5.97 Å². The zero-order chi connectivity index (χ0) is 16.8. The van der Waals surface area contributed by atoms with Gasteiger partial charge in [-0.2, -0.15) is 0 Å². The van der Waals surface area contributed by atoms with E-state index in [1.165, 1.54) is 18.2 Å². The quantitative estimate of drug-likeness (QED) is 0.767. The van der Waals surface area contributed by atoms with Crippen LogP contribution in [0.2, 0.25) is 0 Å². The van der Waals surface area contributed by atoms with E-state index in [1.54, 1.807) is 6.07 Å². The number of aryl methyl sites for hydroxylation is 1. The molecule has 0 bridgehead atoms. The molecule has 2 aromatic rings. The van der Waals surface area contributed by atoms with Crippen molar-refractivity contribution in [3.63, 3.8) is 0 Å². The van der Waals surface area contributed by atoms with Gasteiger partial charge in [0, 0.05) is 0 Å². The Labute approximate surface area is 135 Å². The van der Waals surface area contributed by atoms with E-state index in [4.69, 9.17) is 4.74 Å². The summed E-state index contributed by atoms with van der Waals surface area (Å²) in [4.78, 5) is 11.4. The molecule has 0 aromatic heterocycles. The van der Waals surface area contributed by atoms with Gasteiger partial charge in [-0.3, -0.25) is 4.79 Å². The van der Waals surface area contributed by atoms with Crippen molar-refractivity contribution < 1.29 is 19.0 Å². The molecule has 0 aliphatic heterocycles. The summed E-state index contributed by atoms with van der Waals surface area (Å²) in [6.45, 7) is 4.45. The maximum absolute atomic E-state index is 13.3. The predicted molar refractivity (Wildman–Crippen MR) is 87.4 cm³/mol. The fraction of sp³-hybridized carbons (Fsp3) is 0.316. The minimum absolute atomic E-state index is 0.406.